The summed E-state index contributed by atoms with van der Waals surface area (Å²) in [6.07, 6.45) is 1.62. The number of hydrogen-bond donors (Lipinski definition) is 2. The van der Waals surface area contributed by atoms with Crippen LogP contribution in [-0.2, 0) is 0 Å². The van der Waals surface area contributed by atoms with Gasteiger partial charge in [-0.25, -0.2) is 0 Å². The third-order valence-corrected chi connectivity index (χ3v) is 1.97. The molecule has 3 N–H and O–H groups in total. The maximum absolute atomic E-state index is 9.17. The lowest BCUT2D eigenvalue weighted by Gasteiger charge is -2.30. The molecule has 0 aliphatic carbocycles. The van der Waals surface area contributed by atoms with Crippen molar-refractivity contribution in [2.75, 3.05) is 13.1 Å². The quantitative estimate of drug-likeness (QED) is 0.477. The number of thiocarbonyl (C=S) groups is 1. The second-order valence-corrected chi connectivity index (χ2v) is 3.00. The minimum Gasteiger partial charge on any atom is -0.391 e. The average molecular weight is 160 g/mol. The number of β-amino-alcohol motifs (C(OH)–C–C–N with tert-alkyl or cyclic N) is 1. The second kappa shape index (κ2) is 3.16. The van der Waals surface area contributed by atoms with Gasteiger partial charge in [-0.2, -0.15) is 0 Å². The molecule has 1 fully saturated rings. The Balaban J connectivity index is 2.39. The predicted molar refractivity (Wildman–Crippen MR) is 43.6 cm³/mol. The van der Waals surface area contributed by atoms with E-state index in [0.717, 1.165) is 19.4 Å². The Hall–Kier alpha value is -0.350. The topological polar surface area (TPSA) is 49.5 Å². The number of nitrogens with zero attached hydrogens (tertiary/aromatic N) is 1. The summed E-state index contributed by atoms with van der Waals surface area (Å²) < 4.78 is 0. The van der Waals surface area contributed by atoms with E-state index in [9.17, 15) is 5.11 Å². The summed E-state index contributed by atoms with van der Waals surface area (Å²) in [4.78, 5) is 1.84. The van der Waals surface area contributed by atoms with Crippen LogP contribution in [0.25, 0.3) is 0 Å². The van der Waals surface area contributed by atoms with Crippen molar-refractivity contribution in [3.63, 3.8) is 0 Å². The summed E-state index contributed by atoms with van der Waals surface area (Å²) in [5, 5.41) is 9.57. The van der Waals surface area contributed by atoms with E-state index in [-0.39, 0.29) is 6.10 Å². The van der Waals surface area contributed by atoms with Gasteiger partial charge in [-0.1, -0.05) is 0 Å². The van der Waals surface area contributed by atoms with Gasteiger partial charge in [0.05, 0.1) is 6.10 Å². The van der Waals surface area contributed by atoms with Crippen molar-refractivity contribution in [3.8, 4) is 0 Å². The third kappa shape index (κ3) is 1.82. The van der Waals surface area contributed by atoms with E-state index in [1.807, 2.05) is 4.90 Å². The highest BCUT2D eigenvalue weighted by molar-refractivity contribution is 7.80. The molecule has 3 nitrogen and oxygen atoms in total. The highest BCUT2D eigenvalue weighted by Gasteiger charge is 2.17. The van der Waals surface area contributed by atoms with Gasteiger partial charge in [-0.05, 0) is 25.1 Å². The lowest BCUT2D eigenvalue weighted by Crippen LogP contribution is -2.44. The lowest BCUT2D eigenvalue weighted by atomic mass is 10.1. The monoisotopic (exact) mass is 160 g/mol. The Morgan fingerprint density at radius 2 is 2.40 bits per heavy atom. The Morgan fingerprint density at radius 1 is 1.70 bits per heavy atom. The zero-order valence-corrected chi connectivity index (χ0v) is 6.60. The number of hydrogen-bond acceptors (Lipinski definition) is 2. The fourth-order valence-electron chi connectivity index (χ4n) is 1.15. The maximum atomic E-state index is 9.17. The van der Waals surface area contributed by atoms with E-state index in [0.29, 0.717) is 11.7 Å². The fourth-order valence-corrected chi connectivity index (χ4v) is 1.32. The highest BCUT2D eigenvalue weighted by Crippen LogP contribution is 2.08. The van der Waals surface area contributed by atoms with E-state index < -0.39 is 0 Å². The predicted octanol–water partition coefficient (Wildman–Crippen LogP) is -0.313. The van der Waals surface area contributed by atoms with Crippen molar-refractivity contribution in [2.24, 2.45) is 5.73 Å². The standard InChI is InChI=1S/C6H12N2OS/c7-6(10)8-3-1-2-5(9)4-8/h5,9H,1-4H2,(H2,7,10)/t5-/m1/s1. The number of nitrogens with two attached hydrogens (primary N) is 1. The molecule has 0 saturated carbocycles. The van der Waals surface area contributed by atoms with Crippen LogP contribution in [0.2, 0.25) is 0 Å². The molecule has 1 aliphatic heterocycles. The van der Waals surface area contributed by atoms with Gasteiger partial charge in [-0.3, -0.25) is 0 Å². The SMILES string of the molecule is NC(=S)N1CCC[C@@H](O)C1. The van der Waals surface area contributed by atoms with Crippen LogP contribution in [-0.4, -0.2) is 34.3 Å². The molecule has 1 rings (SSSR count). The molecular formula is C6H12N2OS. The minimum atomic E-state index is -0.241. The summed E-state index contributed by atoms with van der Waals surface area (Å²) in [5.41, 5.74) is 5.38. The van der Waals surface area contributed by atoms with Crippen molar-refractivity contribution in [1.82, 2.24) is 4.90 Å². The van der Waals surface area contributed by atoms with E-state index in [4.69, 9.17) is 18.0 Å². The number of rotatable bonds is 0. The highest BCUT2D eigenvalue weighted by atomic mass is 32.1. The van der Waals surface area contributed by atoms with Crippen LogP contribution < -0.4 is 5.73 Å². The van der Waals surface area contributed by atoms with Gasteiger partial charge in [0.2, 0.25) is 0 Å². The summed E-state index contributed by atoms with van der Waals surface area (Å²) in [6.45, 7) is 1.50. The Labute approximate surface area is 65.8 Å². The largest absolute Gasteiger partial charge is 0.391 e. The number of aliphatic hydroxyl groups is 1. The second-order valence-electron chi connectivity index (χ2n) is 2.58. The third-order valence-electron chi connectivity index (χ3n) is 1.71. The minimum absolute atomic E-state index is 0.241. The molecular weight excluding hydrogens is 148 g/mol. The van der Waals surface area contributed by atoms with Crippen LogP contribution in [0.3, 0.4) is 0 Å². The fraction of sp³-hybridized carbons (Fsp3) is 0.833. The lowest BCUT2D eigenvalue weighted by molar-refractivity contribution is 0.104. The molecule has 0 spiro atoms. The van der Waals surface area contributed by atoms with Crippen molar-refractivity contribution in [2.45, 2.75) is 18.9 Å². The van der Waals surface area contributed by atoms with Gasteiger partial charge in [0.25, 0.3) is 0 Å². The van der Waals surface area contributed by atoms with Gasteiger partial charge in [-0.15, -0.1) is 0 Å². The molecule has 1 atom stereocenters. The van der Waals surface area contributed by atoms with Crippen molar-refractivity contribution in [3.05, 3.63) is 0 Å². The summed E-state index contributed by atoms with van der Waals surface area (Å²) in [6, 6.07) is 0. The number of piperidine rings is 1. The zero-order valence-electron chi connectivity index (χ0n) is 5.79. The molecule has 0 radical (unpaired) electrons. The molecule has 1 heterocycles. The first-order valence-electron chi connectivity index (χ1n) is 3.42. The Morgan fingerprint density at radius 3 is 2.80 bits per heavy atom. The number of likely N-dealkylation sites (tertiary alicyclic amines) is 1. The molecule has 0 aromatic rings. The number of aliphatic hydroxyl groups excluding tert-OH is 1. The first kappa shape index (κ1) is 7.75. The average Bonchev–Trinajstić information content (AvgIpc) is 1.88. The van der Waals surface area contributed by atoms with Crippen LogP contribution in [0.15, 0.2) is 0 Å². The zero-order chi connectivity index (χ0) is 7.56. The molecule has 0 bridgehead atoms. The Bertz CT molecular complexity index is 140. The molecule has 1 aliphatic rings. The molecule has 58 valence electrons. The van der Waals surface area contributed by atoms with Gasteiger partial charge in [0.15, 0.2) is 5.11 Å². The van der Waals surface area contributed by atoms with Crippen LogP contribution >= 0.6 is 12.2 Å². The molecule has 1 saturated heterocycles. The van der Waals surface area contributed by atoms with Gasteiger partial charge in [0, 0.05) is 13.1 Å². The van der Waals surface area contributed by atoms with Crippen molar-refractivity contribution >= 4 is 17.3 Å². The van der Waals surface area contributed by atoms with Crippen LogP contribution in [0.4, 0.5) is 0 Å². The molecule has 0 aromatic carbocycles. The molecule has 0 unspecified atom stereocenters. The molecule has 0 amide bonds. The van der Waals surface area contributed by atoms with E-state index in [1.54, 1.807) is 0 Å². The Kier molecular flexibility index (Phi) is 2.45. The van der Waals surface area contributed by atoms with Gasteiger partial charge < -0.3 is 15.7 Å². The van der Waals surface area contributed by atoms with Crippen LogP contribution in [0, 0.1) is 0 Å². The van der Waals surface area contributed by atoms with Crippen LogP contribution in [0.1, 0.15) is 12.8 Å². The van der Waals surface area contributed by atoms with Crippen LogP contribution in [0.5, 0.6) is 0 Å². The van der Waals surface area contributed by atoms with Gasteiger partial charge >= 0.3 is 0 Å². The van der Waals surface area contributed by atoms with E-state index in [1.165, 1.54) is 0 Å². The molecule has 4 heteroatoms. The van der Waals surface area contributed by atoms with Crippen molar-refractivity contribution in [1.29, 1.82) is 0 Å². The summed E-state index contributed by atoms with van der Waals surface area (Å²) in [5.74, 6) is 0. The normalized spacial score (nSPS) is 26.5. The van der Waals surface area contributed by atoms with E-state index >= 15 is 0 Å². The van der Waals surface area contributed by atoms with Gasteiger partial charge in [0.1, 0.15) is 0 Å². The van der Waals surface area contributed by atoms with Crippen molar-refractivity contribution < 1.29 is 5.11 Å². The van der Waals surface area contributed by atoms with E-state index in [2.05, 4.69) is 0 Å². The molecule has 10 heavy (non-hydrogen) atoms. The summed E-state index contributed by atoms with van der Waals surface area (Å²) >= 11 is 4.76. The summed E-state index contributed by atoms with van der Waals surface area (Å²) in [7, 11) is 0. The molecule has 0 aromatic heterocycles. The first-order chi connectivity index (χ1) is 4.70. The smallest absolute Gasteiger partial charge is 0.166 e. The maximum Gasteiger partial charge on any atom is 0.166 e. The first-order valence-corrected chi connectivity index (χ1v) is 3.83.